The van der Waals surface area contributed by atoms with Crippen LogP contribution in [0.3, 0.4) is 0 Å². The van der Waals surface area contributed by atoms with E-state index in [-0.39, 0.29) is 12.4 Å². The molecule has 2 rings (SSSR count). The number of Topliss-reactive ketones (excluding diaryl/α,β-unsaturated/α-hetero) is 1. The number of hydrogen-bond acceptors (Lipinski definition) is 10. The van der Waals surface area contributed by atoms with Gasteiger partial charge in [0.05, 0.1) is 17.0 Å². The van der Waals surface area contributed by atoms with E-state index in [9.17, 15) is 9.69 Å². The summed E-state index contributed by atoms with van der Waals surface area (Å²) in [6.45, 7) is 5.57. The molecule has 0 aliphatic carbocycles. The van der Waals surface area contributed by atoms with Gasteiger partial charge >= 0.3 is 22.2 Å². The third-order valence-electron chi connectivity index (χ3n) is 3.60. The van der Waals surface area contributed by atoms with Gasteiger partial charge in [-0.3, -0.25) is 4.79 Å². The fourth-order valence-corrected chi connectivity index (χ4v) is 4.41. The first-order chi connectivity index (χ1) is 12.7. The highest BCUT2D eigenvalue weighted by Gasteiger charge is 2.27. The number of carbonyl (C=O) groups excluding carboxylic acids is 1. The van der Waals surface area contributed by atoms with Crippen molar-refractivity contribution in [2.24, 2.45) is 0 Å². The normalized spacial score (nSPS) is 12.6. The fraction of sp³-hybridized carbons (Fsp3) is 0.429. The third-order valence-corrected chi connectivity index (χ3v) is 6.59. The quantitative estimate of drug-likeness (QED) is 0.259. The molecule has 0 aliphatic heterocycles. The van der Waals surface area contributed by atoms with E-state index in [0.29, 0.717) is 35.2 Å². The highest BCUT2D eigenvalue weighted by atomic mass is 32.1. The van der Waals surface area contributed by atoms with Crippen molar-refractivity contribution in [2.45, 2.75) is 33.7 Å². The van der Waals surface area contributed by atoms with Crippen LogP contribution < -0.4 is 10.3 Å². The van der Waals surface area contributed by atoms with Crippen molar-refractivity contribution in [3.63, 3.8) is 0 Å². The summed E-state index contributed by atoms with van der Waals surface area (Å²) in [4.78, 5) is 48.0. The third kappa shape index (κ3) is 6.17. The fourth-order valence-electron chi connectivity index (χ4n) is 2.34. The predicted octanol–water partition coefficient (Wildman–Crippen LogP) is 1.28. The molecular weight excluding hydrogens is 414 g/mol. The number of aromatic nitrogens is 3. The average molecular weight is 435 g/mol. The van der Waals surface area contributed by atoms with Gasteiger partial charge in [-0.1, -0.05) is 11.3 Å². The SMILES string of the molecule is CC(=O)c1sc(CCOP(O)OP(O)O)c(C)[n+]1Cc1cnc(C)nc1N. The van der Waals surface area contributed by atoms with Crippen molar-refractivity contribution >= 4 is 40.1 Å². The van der Waals surface area contributed by atoms with E-state index in [2.05, 4.69) is 14.3 Å². The van der Waals surface area contributed by atoms with Crippen LogP contribution in [0.2, 0.25) is 0 Å². The van der Waals surface area contributed by atoms with Crippen LogP contribution in [0.15, 0.2) is 6.20 Å². The maximum absolute atomic E-state index is 12.0. The minimum absolute atomic E-state index is 0.0826. The van der Waals surface area contributed by atoms with Gasteiger partial charge in [0.1, 0.15) is 11.6 Å². The molecule has 0 bridgehead atoms. The molecule has 148 valence electrons. The first-order valence-electron chi connectivity index (χ1n) is 7.78. The zero-order valence-corrected chi connectivity index (χ0v) is 17.6. The molecule has 27 heavy (non-hydrogen) atoms. The summed E-state index contributed by atoms with van der Waals surface area (Å²) in [5.41, 5.74) is 7.54. The molecule has 0 aromatic carbocycles. The zero-order valence-electron chi connectivity index (χ0n) is 15.0. The molecule has 0 saturated carbocycles. The van der Waals surface area contributed by atoms with Gasteiger partial charge in [0.2, 0.25) is 5.78 Å². The number of nitrogens with two attached hydrogens (primary N) is 1. The Kier molecular flexibility index (Phi) is 8.08. The van der Waals surface area contributed by atoms with Gasteiger partial charge in [0, 0.05) is 26.5 Å². The lowest BCUT2D eigenvalue weighted by Gasteiger charge is -2.09. The smallest absolute Gasteiger partial charge is 0.337 e. The van der Waals surface area contributed by atoms with Crippen LogP contribution in [0.5, 0.6) is 0 Å². The summed E-state index contributed by atoms with van der Waals surface area (Å²) in [5, 5.41) is 0.555. The molecule has 0 amide bonds. The molecule has 1 unspecified atom stereocenters. The maximum Gasteiger partial charge on any atom is 0.337 e. The number of rotatable bonds is 9. The lowest BCUT2D eigenvalue weighted by atomic mass is 10.2. The maximum atomic E-state index is 12.0. The summed E-state index contributed by atoms with van der Waals surface area (Å²) in [7, 11) is -5.04. The molecule has 10 nitrogen and oxygen atoms in total. The van der Waals surface area contributed by atoms with Crippen LogP contribution in [0, 0.1) is 13.8 Å². The lowest BCUT2D eigenvalue weighted by molar-refractivity contribution is -0.691. The summed E-state index contributed by atoms with van der Waals surface area (Å²) < 4.78 is 11.3. The Bertz CT molecular complexity index is 819. The van der Waals surface area contributed by atoms with E-state index >= 15 is 0 Å². The zero-order chi connectivity index (χ0) is 20.1. The van der Waals surface area contributed by atoms with E-state index < -0.39 is 17.2 Å². The molecule has 2 aromatic rings. The van der Waals surface area contributed by atoms with Crippen LogP contribution in [0.4, 0.5) is 5.82 Å². The number of carbonyl (C=O) groups is 1. The molecular formula is C14H21N4O6P2S+. The van der Waals surface area contributed by atoms with Gasteiger partial charge in [0.15, 0.2) is 12.2 Å². The summed E-state index contributed by atoms with van der Waals surface area (Å²) in [6.07, 6.45) is 2.06. The predicted molar refractivity (Wildman–Crippen MR) is 101 cm³/mol. The van der Waals surface area contributed by atoms with Gasteiger partial charge in [-0.05, 0) is 6.92 Å². The molecule has 0 saturated heterocycles. The second kappa shape index (κ2) is 9.86. The first-order valence-corrected chi connectivity index (χ1v) is 10.9. The number of nitrogens with zero attached hydrogens (tertiary/aromatic N) is 3. The molecule has 2 aromatic heterocycles. The number of nitrogen functional groups attached to an aromatic ring is 1. The molecule has 0 spiro atoms. The Labute approximate surface area is 162 Å². The van der Waals surface area contributed by atoms with Gasteiger partial charge < -0.3 is 24.9 Å². The van der Waals surface area contributed by atoms with Crippen LogP contribution in [0.25, 0.3) is 0 Å². The van der Waals surface area contributed by atoms with Crippen LogP contribution in [-0.4, -0.2) is 37.0 Å². The summed E-state index contributed by atoms with van der Waals surface area (Å²) in [5.74, 6) is 0.860. The van der Waals surface area contributed by atoms with E-state index in [1.165, 1.54) is 18.3 Å². The Balaban J connectivity index is 2.16. The number of thiazole rings is 1. The number of aryl methyl sites for hydroxylation is 1. The van der Waals surface area contributed by atoms with Crippen molar-refractivity contribution in [3.8, 4) is 0 Å². The first kappa shape index (κ1) is 22.1. The van der Waals surface area contributed by atoms with E-state index in [1.54, 1.807) is 13.1 Å². The van der Waals surface area contributed by atoms with Crippen LogP contribution >= 0.6 is 28.5 Å². The monoisotopic (exact) mass is 435 g/mol. The second-order valence-electron chi connectivity index (χ2n) is 5.54. The Morgan fingerprint density at radius 2 is 2.07 bits per heavy atom. The van der Waals surface area contributed by atoms with Gasteiger partial charge in [-0.2, -0.15) is 4.57 Å². The molecule has 2 heterocycles. The largest absolute Gasteiger partial charge is 0.383 e. The van der Waals surface area contributed by atoms with Crippen molar-refractivity contribution in [3.05, 3.63) is 33.2 Å². The Morgan fingerprint density at radius 3 is 2.67 bits per heavy atom. The van der Waals surface area contributed by atoms with E-state index in [0.717, 1.165) is 10.6 Å². The topological polar surface area (TPSA) is 152 Å². The average Bonchev–Trinajstić information content (AvgIpc) is 2.86. The highest BCUT2D eigenvalue weighted by molar-refractivity contribution is 7.54. The number of anilines is 1. The van der Waals surface area contributed by atoms with E-state index in [4.69, 9.17) is 20.0 Å². The van der Waals surface area contributed by atoms with Crippen molar-refractivity contribution in [1.82, 2.24) is 9.97 Å². The van der Waals surface area contributed by atoms with Gasteiger partial charge in [-0.25, -0.2) is 14.3 Å². The van der Waals surface area contributed by atoms with Crippen LogP contribution in [-0.2, 0) is 21.8 Å². The number of ketones is 1. The minimum Gasteiger partial charge on any atom is -0.383 e. The molecule has 13 heteroatoms. The van der Waals surface area contributed by atoms with Crippen molar-refractivity contribution in [1.29, 1.82) is 0 Å². The molecule has 0 fully saturated rings. The van der Waals surface area contributed by atoms with Crippen molar-refractivity contribution < 1.29 is 32.9 Å². The summed E-state index contributed by atoms with van der Waals surface area (Å²) >= 11 is 1.33. The molecule has 0 radical (unpaired) electrons. The van der Waals surface area contributed by atoms with Gasteiger partial charge in [0.25, 0.3) is 0 Å². The number of hydrogen-bond donors (Lipinski definition) is 4. The lowest BCUT2D eigenvalue weighted by Crippen LogP contribution is -2.41. The van der Waals surface area contributed by atoms with E-state index in [1.807, 2.05) is 11.5 Å². The molecule has 5 N–H and O–H groups in total. The molecule has 1 atom stereocenters. The standard InChI is InChI=1S/C14H21N4O6P2S/c1-8-12(4-5-23-26(22)24-25(20)21)27-14(9(2)19)18(8)7-11-6-16-10(3)17-13(11)15/h6,20-22H,4-5,7H2,1-3H3,(H2,15,16,17)/q+1. The van der Waals surface area contributed by atoms with Gasteiger partial charge in [-0.15, -0.1) is 0 Å². The Morgan fingerprint density at radius 1 is 1.37 bits per heavy atom. The van der Waals surface area contributed by atoms with Crippen molar-refractivity contribution in [2.75, 3.05) is 12.3 Å². The highest BCUT2D eigenvalue weighted by Crippen LogP contribution is 2.46. The summed E-state index contributed by atoms with van der Waals surface area (Å²) in [6, 6.07) is 0. The second-order valence-corrected chi connectivity index (χ2v) is 8.52. The Hall–Kier alpha value is -1.16. The minimum atomic E-state index is -2.68. The van der Waals surface area contributed by atoms with Crippen LogP contribution in [0.1, 0.15) is 38.7 Å². The molecule has 0 aliphatic rings.